The van der Waals surface area contributed by atoms with E-state index in [1.165, 1.54) is 0 Å². The van der Waals surface area contributed by atoms with E-state index in [0.717, 1.165) is 0 Å². The molecule has 0 saturated carbocycles. The van der Waals surface area contributed by atoms with E-state index in [1.807, 2.05) is 0 Å². The summed E-state index contributed by atoms with van der Waals surface area (Å²) in [6, 6.07) is 0. The van der Waals surface area contributed by atoms with E-state index < -0.39 is 31.0 Å². The normalized spacial score (nSPS) is 42.6. The van der Waals surface area contributed by atoms with Crippen LogP contribution in [-0.2, 0) is 9.53 Å². The first-order valence-electron chi connectivity index (χ1n) is 3.76. The van der Waals surface area contributed by atoms with Crippen LogP contribution in [0.4, 0.5) is 0 Å². The Morgan fingerprint density at radius 2 is 2.17 bits per heavy atom. The summed E-state index contributed by atoms with van der Waals surface area (Å²) >= 11 is 0. The van der Waals surface area contributed by atoms with Gasteiger partial charge in [0.15, 0.2) is 0 Å². The smallest absolute Gasteiger partial charge is 0.148 e. The maximum atomic E-state index is 10.3. The molecule has 0 aromatic rings. The van der Waals surface area contributed by atoms with Gasteiger partial charge in [0.2, 0.25) is 0 Å². The Morgan fingerprint density at radius 3 is 2.67 bits per heavy atom. The molecule has 0 aromatic heterocycles. The molecule has 1 saturated heterocycles. The van der Waals surface area contributed by atoms with Crippen molar-refractivity contribution in [2.75, 3.05) is 6.61 Å². The van der Waals surface area contributed by atoms with Crippen LogP contribution in [0.15, 0.2) is 0 Å². The van der Waals surface area contributed by atoms with Gasteiger partial charge in [-0.3, -0.25) is 0 Å². The number of hydrogen-bond donors (Lipinski definition) is 3. The fraction of sp³-hybridized carbons (Fsp3) is 0.857. The van der Waals surface area contributed by atoms with E-state index in [1.54, 1.807) is 0 Å². The average Bonchev–Trinajstić information content (AvgIpc) is 2.09. The highest BCUT2D eigenvalue weighted by Crippen LogP contribution is 2.18. The highest BCUT2D eigenvalue weighted by molar-refractivity contribution is 5.56. The van der Waals surface area contributed by atoms with Crippen LogP contribution in [-0.4, -0.2) is 52.6 Å². The molecule has 0 amide bonds. The predicted molar refractivity (Wildman–Crippen MR) is 38.4 cm³/mol. The number of aliphatic hydroxyl groups excluding tert-OH is 3. The quantitative estimate of drug-likeness (QED) is 0.426. The third kappa shape index (κ3) is 1.81. The van der Waals surface area contributed by atoms with Crippen LogP contribution in [0.25, 0.3) is 0 Å². The van der Waals surface area contributed by atoms with Gasteiger partial charge in [-0.15, -0.1) is 0 Å². The molecule has 1 heterocycles. The zero-order chi connectivity index (χ0) is 9.14. The predicted octanol–water partition coefficient (Wildman–Crippen LogP) is -1.94. The van der Waals surface area contributed by atoms with E-state index in [-0.39, 0.29) is 6.42 Å². The third-order valence-corrected chi connectivity index (χ3v) is 1.93. The Hall–Kier alpha value is -0.490. The summed E-state index contributed by atoms with van der Waals surface area (Å²) in [6.45, 7) is -0.400. The highest BCUT2D eigenvalue weighted by atomic mass is 16.5. The summed E-state index contributed by atoms with van der Waals surface area (Å²) in [4.78, 5) is 10.3. The van der Waals surface area contributed by atoms with Crippen molar-refractivity contribution in [3.63, 3.8) is 0 Å². The Labute approximate surface area is 69.6 Å². The molecular formula is C7H12O5. The Kier molecular flexibility index (Phi) is 3.16. The molecule has 0 aliphatic carbocycles. The van der Waals surface area contributed by atoms with Crippen LogP contribution in [0.5, 0.6) is 0 Å². The molecule has 12 heavy (non-hydrogen) atoms. The monoisotopic (exact) mass is 176 g/mol. The van der Waals surface area contributed by atoms with Crippen molar-refractivity contribution in [3.05, 3.63) is 0 Å². The summed E-state index contributed by atoms with van der Waals surface area (Å²) in [5.74, 6) is 0. The molecule has 5 heteroatoms. The second-order valence-electron chi connectivity index (χ2n) is 2.83. The van der Waals surface area contributed by atoms with Gasteiger partial charge in [-0.1, -0.05) is 0 Å². The van der Waals surface area contributed by atoms with E-state index >= 15 is 0 Å². The SMILES string of the molecule is O=CC1C[C@@H](O)[C@@H](O)[C@@H](CO)O1. The third-order valence-electron chi connectivity index (χ3n) is 1.93. The lowest BCUT2D eigenvalue weighted by molar-refractivity contribution is -0.178. The molecule has 1 fully saturated rings. The number of rotatable bonds is 2. The van der Waals surface area contributed by atoms with Crippen molar-refractivity contribution < 1.29 is 24.9 Å². The van der Waals surface area contributed by atoms with Crippen molar-refractivity contribution in [2.24, 2.45) is 0 Å². The maximum Gasteiger partial charge on any atom is 0.148 e. The van der Waals surface area contributed by atoms with Crippen LogP contribution in [0.3, 0.4) is 0 Å². The van der Waals surface area contributed by atoms with Gasteiger partial charge in [0.05, 0.1) is 12.7 Å². The van der Waals surface area contributed by atoms with Gasteiger partial charge in [-0.2, -0.15) is 0 Å². The van der Waals surface area contributed by atoms with E-state index in [4.69, 9.17) is 9.84 Å². The summed E-state index contributed by atoms with van der Waals surface area (Å²) < 4.78 is 4.94. The molecule has 1 aliphatic rings. The topological polar surface area (TPSA) is 87.0 Å². The number of aldehydes is 1. The number of aliphatic hydroxyl groups is 3. The summed E-state index contributed by atoms with van der Waals surface area (Å²) in [6.07, 6.45) is -3.04. The second-order valence-corrected chi connectivity index (χ2v) is 2.83. The molecular weight excluding hydrogens is 164 g/mol. The molecule has 0 spiro atoms. The van der Waals surface area contributed by atoms with E-state index in [0.29, 0.717) is 6.29 Å². The zero-order valence-electron chi connectivity index (χ0n) is 6.46. The Bertz CT molecular complexity index is 160. The van der Waals surface area contributed by atoms with E-state index in [9.17, 15) is 15.0 Å². The lowest BCUT2D eigenvalue weighted by Crippen LogP contribution is -2.50. The molecule has 1 unspecified atom stereocenters. The number of hydrogen-bond acceptors (Lipinski definition) is 5. The molecule has 1 rings (SSSR count). The second kappa shape index (κ2) is 3.95. The van der Waals surface area contributed by atoms with Gasteiger partial charge >= 0.3 is 0 Å². The fourth-order valence-corrected chi connectivity index (χ4v) is 1.22. The molecule has 0 bridgehead atoms. The Morgan fingerprint density at radius 1 is 1.50 bits per heavy atom. The number of carbonyl (C=O) groups is 1. The summed E-state index contributed by atoms with van der Waals surface area (Å²) in [5.41, 5.74) is 0. The van der Waals surface area contributed by atoms with Crippen molar-refractivity contribution in [3.8, 4) is 0 Å². The lowest BCUT2D eigenvalue weighted by Gasteiger charge is -2.33. The maximum absolute atomic E-state index is 10.3. The molecule has 70 valence electrons. The zero-order valence-corrected chi connectivity index (χ0v) is 6.46. The first-order chi connectivity index (χ1) is 5.69. The molecule has 0 radical (unpaired) electrons. The largest absolute Gasteiger partial charge is 0.394 e. The first-order valence-corrected chi connectivity index (χ1v) is 3.76. The van der Waals surface area contributed by atoms with Gasteiger partial charge in [-0.05, 0) is 0 Å². The van der Waals surface area contributed by atoms with E-state index in [2.05, 4.69) is 0 Å². The number of carbonyl (C=O) groups excluding carboxylic acids is 1. The van der Waals surface area contributed by atoms with Crippen molar-refractivity contribution in [2.45, 2.75) is 30.8 Å². The van der Waals surface area contributed by atoms with Crippen LogP contribution < -0.4 is 0 Å². The summed E-state index contributed by atoms with van der Waals surface area (Å²) in [5, 5.41) is 27.1. The minimum Gasteiger partial charge on any atom is -0.394 e. The standard InChI is InChI=1S/C7H12O5/c8-2-4-1-5(10)7(11)6(3-9)12-4/h2,4-7,9-11H,1,3H2/t4?,5-,6-,7-/m1/s1. The van der Waals surface area contributed by atoms with Gasteiger partial charge in [-0.25, -0.2) is 0 Å². The molecule has 4 atom stereocenters. The van der Waals surface area contributed by atoms with Crippen molar-refractivity contribution >= 4 is 6.29 Å². The minimum absolute atomic E-state index is 0.0845. The molecule has 0 aromatic carbocycles. The van der Waals surface area contributed by atoms with Gasteiger partial charge in [0.25, 0.3) is 0 Å². The molecule has 3 N–H and O–H groups in total. The van der Waals surface area contributed by atoms with Crippen LogP contribution in [0.2, 0.25) is 0 Å². The highest BCUT2D eigenvalue weighted by Gasteiger charge is 2.35. The average molecular weight is 176 g/mol. The van der Waals surface area contributed by atoms with Crippen molar-refractivity contribution in [1.29, 1.82) is 0 Å². The van der Waals surface area contributed by atoms with Crippen LogP contribution >= 0.6 is 0 Å². The summed E-state index contributed by atoms with van der Waals surface area (Å²) in [7, 11) is 0. The number of ether oxygens (including phenoxy) is 1. The van der Waals surface area contributed by atoms with Crippen LogP contribution in [0, 0.1) is 0 Å². The fourth-order valence-electron chi connectivity index (χ4n) is 1.22. The molecule has 1 aliphatic heterocycles. The molecule has 5 nitrogen and oxygen atoms in total. The van der Waals surface area contributed by atoms with Gasteiger partial charge in [0, 0.05) is 6.42 Å². The Balaban J connectivity index is 2.57. The van der Waals surface area contributed by atoms with Crippen LogP contribution in [0.1, 0.15) is 6.42 Å². The van der Waals surface area contributed by atoms with Crippen molar-refractivity contribution in [1.82, 2.24) is 0 Å². The first kappa shape index (κ1) is 9.60. The van der Waals surface area contributed by atoms with Gasteiger partial charge < -0.3 is 24.9 Å². The minimum atomic E-state index is -1.11. The lowest BCUT2D eigenvalue weighted by atomic mass is 9.99. The van der Waals surface area contributed by atoms with Gasteiger partial charge in [0.1, 0.15) is 24.6 Å².